The zero-order chi connectivity index (χ0) is 27.8. The zero-order valence-electron chi connectivity index (χ0n) is 21.1. The Morgan fingerprint density at radius 3 is 2.64 bits per heavy atom. The number of halogens is 1. The SMILES string of the molecule is CCOC(=O)C1=C(C)N=c2s/c(=C\c3ccc(-c4ccc(C)cc4[N+](=O)[O-])o3)c(=O)n2[C@H]1c1ccc(Cl)cc1. The molecule has 1 atom stereocenters. The number of hydrogen-bond donors (Lipinski definition) is 0. The molecule has 0 fully saturated rings. The van der Waals surface area contributed by atoms with Gasteiger partial charge in [-0.05, 0) is 62.2 Å². The van der Waals surface area contributed by atoms with Gasteiger partial charge in [0.05, 0.1) is 38.9 Å². The number of benzene rings is 2. The monoisotopic (exact) mass is 563 g/mol. The Bertz CT molecular complexity index is 1830. The van der Waals surface area contributed by atoms with Crippen LogP contribution in [0.25, 0.3) is 17.4 Å². The largest absolute Gasteiger partial charge is 0.463 e. The normalized spacial score (nSPS) is 15.2. The standard InChI is InChI=1S/C28H22ClN3O6S/c1-4-37-27(34)24-16(3)30-28-31(25(24)17-6-8-18(29)9-7-17)26(33)23(39-28)14-19-10-12-22(38-19)20-11-5-15(2)13-21(20)32(35)36/h5-14,25H,4H2,1-3H3/b23-14-/t25-/m0/s1. The zero-order valence-corrected chi connectivity index (χ0v) is 22.7. The molecule has 0 amide bonds. The average Bonchev–Trinajstić information content (AvgIpc) is 3.48. The van der Waals surface area contributed by atoms with Crippen LogP contribution in [0.3, 0.4) is 0 Å². The number of furan rings is 1. The van der Waals surface area contributed by atoms with Crippen LogP contribution in [0.2, 0.25) is 5.02 Å². The number of aryl methyl sites for hydroxylation is 1. The van der Waals surface area contributed by atoms with E-state index >= 15 is 0 Å². The number of aromatic nitrogens is 1. The van der Waals surface area contributed by atoms with Crippen LogP contribution >= 0.6 is 22.9 Å². The average molecular weight is 564 g/mol. The number of nitro groups is 1. The minimum Gasteiger partial charge on any atom is -0.463 e. The van der Waals surface area contributed by atoms with Crippen LogP contribution in [-0.4, -0.2) is 22.1 Å². The predicted octanol–water partition coefficient (Wildman–Crippen LogP) is 4.93. The summed E-state index contributed by atoms with van der Waals surface area (Å²) >= 11 is 7.25. The van der Waals surface area contributed by atoms with E-state index in [4.69, 9.17) is 20.8 Å². The van der Waals surface area contributed by atoms with Gasteiger partial charge in [0.25, 0.3) is 11.2 Å². The Morgan fingerprint density at radius 1 is 1.21 bits per heavy atom. The number of rotatable bonds is 6. The molecule has 198 valence electrons. The van der Waals surface area contributed by atoms with Gasteiger partial charge in [0.2, 0.25) is 0 Å². The van der Waals surface area contributed by atoms with E-state index < -0.39 is 16.9 Å². The summed E-state index contributed by atoms with van der Waals surface area (Å²) in [6.45, 7) is 5.37. The van der Waals surface area contributed by atoms with Gasteiger partial charge >= 0.3 is 5.97 Å². The minimum atomic E-state index is -0.762. The van der Waals surface area contributed by atoms with Gasteiger partial charge in [-0.2, -0.15) is 0 Å². The van der Waals surface area contributed by atoms with Gasteiger partial charge in [0, 0.05) is 17.2 Å². The molecule has 3 heterocycles. The number of thiazole rings is 1. The highest BCUT2D eigenvalue weighted by molar-refractivity contribution is 7.07. The number of hydrogen-bond acceptors (Lipinski definition) is 8. The highest BCUT2D eigenvalue weighted by Gasteiger charge is 2.33. The van der Waals surface area contributed by atoms with Crippen LogP contribution in [0, 0.1) is 17.0 Å². The molecule has 0 radical (unpaired) electrons. The lowest BCUT2D eigenvalue weighted by atomic mass is 9.96. The Balaban J connectivity index is 1.63. The first kappa shape index (κ1) is 26.3. The third-order valence-electron chi connectivity index (χ3n) is 6.22. The first-order valence-corrected chi connectivity index (χ1v) is 13.2. The molecule has 2 aromatic heterocycles. The van der Waals surface area contributed by atoms with Crippen molar-refractivity contribution in [1.82, 2.24) is 4.57 Å². The summed E-state index contributed by atoms with van der Waals surface area (Å²) in [6.07, 6.45) is 1.57. The van der Waals surface area contributed by atoms with Gasteiger partial charge in [0.15, 0.2) is 4.80 Å². The molecule has 11 heteroatoms. The molecule has 0 saturated carbocycles. The Morgan fingerprint density at radius 2 is 1.95 bits per heavy atom. The maximum atomic E-state index is 13.7. The lowest BCUT2D eigenvalue weighted by Gasteiger charge is -2.24. The van der Waals surface area contributed by atoms with Gasteiger partial charge in [0.1, 0.15) is 11.5 Å². The summed E-state index contributed by atoms with van der Waals surface area (Å²) in [4.78, 5) is 42.7. The summed E-state index contributed by atoms with van der Waals surface area (Å²) in [6, 6.07) is 14.3. The summed E-state index contributed by atoms with van der Waals surface area (Å²) in [5, 5.41) is 12.1. The van der Waals surface area contributed by atoms with E-state index in [-0.39, 0.29) is 23.4 Å². The van der Waals surface area contributed by atoms with Crippen molar-refractivity contribution in [3.05, 3.63) is 118 Å². The van der Waals surface area contributed by atoms with Crippen molar-refractivity contribution in [3.8, 4) is 11.3 Å². The van der Waals surface area contributed by atoms with Gasteiger partial charge in [-0.3, -0.25) is 19.5 Å². The molecule has 39 heavy (non-hydrogen) atoms. The summed E-state index contributed by atoms with van der Waals surface area (Å²) in [5.74, 6) is 0.0954. The first-order chi connectivity index (χ1) is 18.7. The second kappa shape index (κ2) is 10.5. The molecule has 5 rings (SSSR count). The molecular weight excluding hydrogens is 542 g/mol. The van der Waals surface area contributed by atoms with Crippen LogP contribution in [0.4, 0.5) is 5.69 Å². The van der Waals surface area contributed by atoms with E-state index in [0.717, 1.165) is 16.9 Å². The fraction of sp³-hybridized carbons (Fsp3) is 0.179. The molecule has 1 aliphatic heterocycles. The van der Waals surface area contributed by atoms with E-state index in [1.807, 2.05) is 0 Å². The van der Waals surface area contributed by atoms with Crippen LogP contribution in [0.5, 0.6) is 0 Å². The summed E-state index contributed by atoms with van der Waals surface area (Å²) in [7, 11) is 0. The predicted molar refractivity (Wildman–Crippen MR) is 147 cm³/mol. The maximum absolute atomic E-state index is 13.7. The lowest BCUT2D eigenvalue weighted by molar-refractivity contribution is -0.384. The van der Waals surface area contributed by atoms with Crippen molar-refractivity contribution in [1.29, 1.82) is 0 Å². The van der Waals surface area contributed by atoms with Crippen molar-refractivity contribution < 1.29 is 18.9 Å². The lowest BCUT2D eigenvalue weighted by Crippen LogP contribution is -2.39. The van der Waals surface area contributed by atoms with Crippen LogP contribution in [0.15, 0.2) is 80.1 Å². The first-order valence-electron chi connectivity index (χ1n) is 12.0. The van der Waals surface area contributed by atoms with Crippen molar-refractivity contribution in [2.75, 3.05) is 6.61 Å². The molecular formula is C28H22ClN3O6S. The van der Waals surface area contributed by atoms with Gasteiger partial charge in [-0.15, -0.1) is 0 Å². The molecule has 0 N–H and O–H groups in total. The smallest absolute Gasteiger partial charge is 0.338 e. The quantitative estimate of drug-likeness (QED) is 0.186. The molecule has 0 saturated heterocycles. The third-order valence-corrected chi connectivity index (χ3v) is 7.45. The van der Waals surface area contributed by atoms with E-state index in [1.54, 1.807) is 75.4 Å². The van der Waals surface area contributed by atoms with Gasteiger partial charge in [-0.1, -0.05) is 41.1 Å². The van der Waals surface area contributed by atoms with E-state index in [9.17, 15) is 19.7 Å². The van der Waals surface area contributed by atoms with Gasteiger partial charge < -0.3 is 9.15 Å². The van der Waals surface area contributed by atoms with Crippen molar-refractivity contribution >= 4 is 40.7 Å². The van der Waals surface area contributed by atoms with Crippen LogP contribution in [0.1, 0.15) is 36.8 Å². The van der Waals surface area contributed by atoms with E-state index in [1.165, 1.54) is 10.6 Å². The molecule has 2 aromatic carbocycles. The highest BCUT2D eigenvalue weighted by Crippen LogP contribution is 2.33. The minimum absolute atomic E-state index is 0.0693. The third kappa shape index (κ3) is 4.96. The Hall–Kier alpha value is -4.28. The topological polar surface area (TPSA) is 117 Å². The molecule has 1 aliphatic rings. The fourth-order valence-electron chi connectivity index (χ4n) is 4.46. The number of allylic oxidation sites excluding steroid dienone is 1. The number of esters is 1. The number of ether oxygens (including phenoxy) is 1. The van der Waals surface area contributed by atoms with Gasteiger partial charge in [-0.25, -0.2) is 9.79 Å². The molecule has 0 aliphatic carbocycles. The van der Waals surface area contributed by atoms with Crippen molar-refractivity contribution in [3.63, 3.8) is 0 Å². The van der Waals surface area contributed by atoms with E-state index in [2.05, 4.69) is 4.99 Å². The molecule has 9 nitrogen and oxygen atoms in total. The summed E-state index contributed by atoms with van der Waals surface area (Å²) in [5.41, 5.74) is 2.05. The second-order valence-electron chi connectivity index (χ2n) is 8.83. The highest BCUT2D eigenvalue weighted by atomic mass is 35.5. The number of carbonyl (C=O) groups excluding carboxylic acids is 1. The molecule has 4 aromatic rings. The van der Waals surface area contributed by atoms with Crippen LogP contribution < -0.4 is 14.9 Å². The fourth-order valence-corrected chi connectivity index (χ4v) is 5.61. The van der Waals surface area contributed by atoms with Crippen molar-refractivity contribution in [2.45, 2.75) is 26.8 Å². The number of carbonyl (C=O) groups is 1. The number of fused-ring (bicyclic) bond motifs is 1. The van der Waals surface area contributed by atoms with Crippen molar-refractivity contribution in [2.24, 2.45) is 4.99 Å². The Labute approximate surface area is 231 Å². The summed E-state index contributed by atoms with van der Waals surface area (Å²) < 4.78 is 13.0. The maximum Gasteiger partial charge on any atom is 0.338 e. The second-order valence-corrected chi connectivity index (χ2v) is 10.3. The number of nitro benzene ring substituents is 1. The van der Waals surface area contributed by atoms with E-state index in [0.29, 0.717) is 42.7 Å². The number of nitrogens with zero attached hydrogens (tertiary/aromatic N) is 3. The molecule has 0 spiro atoms. The molecule has 0 bridgehead atoms. The van der Waals surface area contributed by atoms with Crippen LogP contribution in [-0.2, 0) is 9.53 Å². The molecule has 0 unspecified atom stereocenters. The Kier molecular flexibility index (Phi) is 7.07.